The number of nitrogens with zero attached hydrogens (tertiary/aromatic N) is 2. The Morgan fingerprint density at radius 2 is 2.03 bits per heavy atom. The summed E-state index contributed by atoms with van der Waals surface area (Å²) in [5.74, 6) is 0.0197. The highest BCUT2D eigenvalue weighted by Gasteiger charge is 2.40. The van der Waals surface area contributed by atoms with Crippen molar-refractivity contribution in [3.05, 3.63) is 82.7 Å². The van der Waals surface area contributed by atoms with E-state index in [0.717, 1.165) is 28.4 Å². The van der Waals surface area contributed by atoms with Crippen LogP contribution in [0.5, 0.6) is 5.75 Å². The number of aromatic carboxylic acids is 1. The number of thioether (sulfide) groups is 1. The molecule has 0 saturated carbocycles. The zero-order valence-corrected chi connectivity index (χ0v) is 17.6. The third-order valence-electron chi connectivity index (χ3n) is 5.89. The quantitative estimate of drug-likeness (QED) is 0.603. The van der Waals surface area contributed by atoms with Crippen molar-refractivity contribution in [2.75, 3.05) is 11.5 Å². The second-order valence-electron chi connectivity index (χ2n) is 7.68. The summed E-state index contributed by atoms with van der Waals surface area (Å²) in [4.78, 5) is 19.5. The number of fused-ring (bicyclic) bond motifs is 2. The van der Waals surface area contributed by atoms with E-state index in [1.807, 2.05) is 43.5 Å². The van der Waals surface area contributed by atoms with Crippen molar-refractivity contribution < 1.29 is 14.6 Å². The van der Waals surface area contributed by atoms with Crippen molar-refractivity contribution in [2.45, 2.75) is 36.6 Å². The van der Waals surface area contributed by atoms with Gasteiger partial charge in [-0.25, -0.2) is 4.79 Å². The lowest BCUT2D eigenvalue weighted by Gasteiger charge is -2.39. The maximum absolute atomic E-state index is 11.6. The van der Waals surface area contributed by atoms with Crippen molar-refractivity contribution in [1.82, 2.24) is 4.98 Å². The highest BCUT2D eigenvalue weighted by Crippen LogP contribution is 2.57. The number of carbonyl (C=O) groups is 1. The third kappa shape index (κ3) is 3.03. The normalized spacial score (nSPS) is 19.7. The van der Waals surface area contributed by atoms with Crippen LogP contribution in [-0.2, 0) is 0 Å². The fourth-order valence-electron chi connectivity index (χ4n) is 4.48. The molecule has 0 aliphatic carbocycles. The maximum atomic E-state index is 11.6. The highest BCUT2D eigenvalue weighted by atomic mass is 32.2. The fourth-order valence-corrected chi connectivity index (χ4v) is 6.06. The van der Waals surface area contributed by atoms with Gasteiger partial charge in [0.15, 0.2) is 0 Å². The Kier molecular flexibility index (Phi) is 4.66. The molecule has 2 aromatic carbocycles. The lowest BCUT2D eigenvalue weighted by molar-refractivity contribution is 0.0696. The Bertz CT molecular complexity index is 1130. The minimum atomic E-state index is -0.904. The molecule has 2 aliphatic rings. The molecule has 152 valence electrons. The molecule has 3 aromatic rings. The topological polar surface area (TPSA) is 62.7 Å². The average molecular weight is 419 g/mol. The molecule has 2 aliphatic heterocycles. The van der Waals surface area contributed by atoms with Crippen LogP contribution >= 0.6 is 11.8 Å². The van der Waals surface area contributed by atoms with E-state index in [2.05, 4.69) is 22.9 Å². The van der Waals surface area contributed by atoms with Gasteiger partial charge >= 0.3 is 5.97 Å². The first-order valence-electron chi connectivity index (χ1n) is 10.0. The average Bonchev–Trinajstić information content (AvgIpc) is 3.11. The predicted octanol–water partition coefficient (Wildman–Crippen LogP) is 5.53. The van der Waals surface area contributed by atoms with Crippen molar-refractivity contribution in [2.24, 2.45) is 0 Å². The number of aromatic nitrogens is 1. The monoisotopic (exact) mass is 418 g/mol. The first-order valence-corrected chi connectivity index (χ1v) is 10.9. The number of pyridine rings is 1. The largest absolute Gasteiger partial charge is 0.493 e. The summed E-state index contributed by atoms with van der Waals surface area (Å²) in [5.41, 5.74) is 5.94. The molecular weight excluding hydrogens is 396 g/mol. The number of carboxylic acid groups (broad SMARTS) is 1. The minimum absolute atomic E-state index is 0.0221. The van der Waals surface area contributed by atoms with Crippen LogP contribution in [0.1, 0.15) is 50.6 Å². The summed E-state index contributed by atoms with van der Waals surface area (Å²) in [6.45, 7) is 4.82. The standard InChI is InChI=1S/C24H22N2O3S/c1-14-9-11-25-15(2)22(14)23-26(18-10-12-29-20-6-4-3-5-17(18)20)19-8-7-16(24(27)28)13-21(19)30-23/h3-9,11,13,18,23H,10,12H2,1-2H3,(H,27,28). The van der Waals surface area contributed by atoms with Gasteiger partial charge in [-0.2, -0.15) is 0 Å². The Morgan fingerprint density at radius 3 is 2.83 bits per heavy atom. The van der Waals surface area contributed by atoms with E-state index in [1.165, 1.54) is 16.7 Å². The highest BCUT2D eigenvalue weighted by molar-refractivity contribution is 8.00. The van der Waals surface area contributed by atoms with Crippen LogP contribution in [-0.4, -0.2) is 22.7 Å². The lowest BCUT2D eigenvalue weighted by atomic mass is 9.96. The molecule has 6 heteroatoms. The predicted molar refractivity (Wildman–Crippen MR) is 117 cm³/mol. The molecule has 2 unspecified atom stereocenters. The second-order valence-corrected chi connectivity index (χ2v) is 8.80. The van der Waals surface area contributed by atoms with E-state index < -0.39 is 5.97 Å². The van der Waals surface area contributed by atoms with Crippen LogP contribution in [0.2, 0.25) is 0 Å². The molecule has 1 N–H and O–H groups in total. The number of para-hydroxylation sites is 1. The van der Waals surface area contributed by atoms with Crippen LogP contribution in [0.15, 0.2) is 59.6 Å². The number of aryl methyl sites for hydroxylation is 2. The molecule has 5 rings (SSSR count). The molecule has 0 fully saturated rings. The summed E-state index contributed by atoms with van der Waals surface area (Å²) in [6.07, 6.45) is 2.71. The number of anilines is 1. The Labute approximate surface area is 179 Å². The lowest BCUT2D eigenvalue weighted by Crippen LogP contribution is -2.33. The van der Waals surface area contributed by atoms with Crippen LogP contribution in [0, 0.1) is 13.8 Å². The summed E-state index contributed by atoms with van der Waals surface area (Å²) in [7, 11) is 0. The molecule has 2 atom stereocenters. The van der Waals surface area contributed by atoms with Gasteiger partial charge in [0.05, 0.1) is 23.9 Å². The van der Waals surface area contributed by atoms with E-state index in [9.17, 15) is 9.90 Å². The van der Waals surface area contributed by atoms with E-state index in [4.69, 9.17) is 4.74 Å². The number of hydrogen-bond acceptors (Lipinski definition) is 5. The van der Waals surface area contributed by atoms with Gasteiger partial charge in [-0.3, -0.25) is 4.98 Å². The third-order valence-corrected chi connectivity index (χ3v) is 7.16. The molecule has 30 heavy (non-hydrogen) atoms. The molecular formula is C24H22N2O3S. The van der Waals surface area contributed by atoms with E-state index >= 15 is 0 Å². The summed E-state index contributed by atoms with van der Waals surface area (Å²) in [5, 5.41) is 9.50. The van der Waals surface area contributed by atoms with Gasteiger partial charge in [0.2, 0.25) is 0 Å². The Hall–Kier alpha value is -2.99. The van der Waals surface area contributed by atoms with Gasteiger partial charge in [0, 0.05) is 34.3 Å². The zero-order valence-electron chi connectivity index (χ0n) is 16.8. The van der Waals surface area contributed by atoms with Gasteiger partial charge in [0.1, 0.15) is 11.1 Å². The number of carboxylic acids is 1. The summed E-state index contributed by atoms with van der Waals surface area (Å²) >= 11 is 1.71. The molecule has 5 nitrogen and oxygen atoms in total. The van der Waals surface area contributed by atoms with Gasteiger partial charge < -0.3 is 14.7 Å². The van der Waals surface area contributed by atoms with Crippen LogP contribution in [0.4, 0.5) is 5.69 Å². The zero-order chi connectivity index (χ0) is 20.8. The van der Waals surface area contributed by atoms with E-state index in [-0.39, 0.29) is 11.4 Å². The van der Waals surface area contributed by atoms with E-state index in [0.29, 0.717) is 12.2 Å². The van der Waals surface area contributed by atoms with Gasteiger partial charge in [-0.15, -0.1) is 0 Å². The van der Waals surface area contributed by atoms with Crippen molar-refractivity contribution in [3.8, 4) is 5.75 Å². The van der Waals surface area contributed by atoms with Gasteiger partial charge in [-0.05, 0) is 49.7 Å². The Balaban J connectivity index is 1.68. The number of ether oxygens (including phenoxy) is 1. The molecule has 0 amide bonds. The molecule has 3 heterocycles. The van der Waals surface area contributed by atoms with E-state index in [1.54, 1.807) is 23.9 Å². The molecule has 0 bridgehead atoms. The first kappa shape index (κ1) is 19.0. The van der Waals surface area contributed by atoms with Crippen LogP contribution in [0.25, 0.3) is 0 Å². The van der Waals surface area contributed by atoms with Crippen LogP contribution in [0.3, 0.4) is 0 Å². The van der Waals surface area contributed by atoms with Crippen molar-refractivity contribution >= 4 is 23.4 Å². The molecule has 0 saturated heterocycles. The molecule has 1 aromatic heterocycles. The fraction of sp³-hybridized carbons (Fsp3) is 0.250. The number of benzene rings is 2. The maximum Gasteiger partial charge on any atom is 0.335 e. The molecule has 0 radical (unpaired) electrons. The minimum Gasteiger partial charge on any atom is -0.493 e. The van der Waals surface area contributed by atoms with Crippen LogP contribution < -0.4 is 9.64 Å². The summed E-state index contributed by atoms with van der Waals surface area (Å²) < 4.78 is 5.92. The number of rotatable bonds is 3. The smallest absolute Gasteiger partial charge is 0.335 e. The van der Waals surface area contributed by atoms with Crippen molar-refractivity contribution in [1.29, 1.82) is 0 Å². The van der Waals surface area contributed by atoms with Gasteiger partial charge in [0.25, 0.3) is 0 Å². The second kappa shape index (κ2) is 7.36. The SMILES string of the molecule is Cc1ccnc(C)c1C1Sc2cc(C(=O)O)ccc2N1C1CCOc2ccccc21. The Morgan fingerprint density at radius 1 is 1.20 bits per heavy atom. The van der Waals surface area contributed by atoms with Gasteiger partial charge in [-0.1, -0.05) is 30.0 Å². The number of hydrogen-bond donors (Lipinski definition) is 1. The molecule has 0 spiro atoms. The first-order chi connectivity index (χ1) is 14.5. The summed E-state index contributed by atoms with van der Waals surface area (Å²) in [6, 6.07) is 15.8. The van der Waals surface area contributed by atoms with Crippen molar-refractivity contribution in [3.63, 3.8) is 0 Å².